The van der Waals surface area contributed by atoms with Crippen LogP contribution in [0.1, 0.15) is 62.5 Å². The van der Waals surface area contributed by atoms with Gasteiger partial charge in [-0.1, -0.05) is 18.9 Å². The van der Waals surface area contributed by atoms with Gasteiger partial charge in [0.15, 0.2) is 23.6 Å². The number of benzene rings is 1. The van der Waals surface area contributed by atoms with Crippen LogP contribution < -0.4 is 31.6 Å². The summed E-state index contributed by atoms with van der Waals surface area (Å²) in [6.07, 6.45) is 4.68. The number of amides is 3. The van der Waals surface area contributed by atoms with Gasteiger partial charge in [0, 0.05) is 32.2 Å². The van der Waals surface area contributed by atoms with Crippen molar-refractivity contribution in [3.8, 4) is 11.5 Å². The number of guanidine groups is 1. The van der Waals surface area contributed by atoms with Crippen molar-refractivity contribution in [2.24, 2.45) is 22.4 Å². The molecule has 1 aromatic carbocycles. The number of hydrogen-bond donors (Lipinski definition) is 6. The number of likely N-dealkylation sites (N-methyl/N-ethyl adjacent to an activating group) is 1. The van der Waals surface area contributed by atoms with Crippen LogP contribution in [-0.4, -0.2) is 96.5 Å². The third-order valence-electron chi connectivity index (χ3n) is 9.89. The smallest absolute Gasteiger partial charge is 0.414 e. The molecule has 5 rings (SSSR count). The van der Waals surface area contributed by atoms with E-state index < -0.39 is 53.5 Å². The van der Waals surface area contributed by atoms with Crippen LogP contribution in [-0.2, 0) is 31.0 Å². The van der Waals surface area contributed by atoms with Crippen molar-refractivity contribution in [2.75, 3.05) is 33.8 Å². The Morgan fingerprint density at radius 2 is 2.02 bits per heavy atom. The van der Waals surface area contributed by atoms with Gasteiger partial charge in [-0.05, 0) is 62.1 Å². The van der Waals surface area contributed by atoms with E-state index in [0.29, 0.717) is 36.5 Å². The lowest BCUT2D eigenvalue weighted by Crippen LogP contribution is -2.65. The molecular formula is C32H44N6O9. The first-order chi connectivity index (χ1) is 22.4. The largest absolute Gasteiger partial charge is 0.493 e. The van der Waals surface area contributed by atoms with Crippen LogP contribution in [0.15, 0.2) is 29.0 Å². The van der Waals surface area contributed by atoms with E-state index in [1.54, 1.807) is 13.2 Å². The summed E-state index contributed by atoms with van der Waals surface area (Å²) in [5, 5.41) is 26.4. The van der Waals surface area contributed by atoms with Crippen molar-refractivity contribution < 1.29 is 43.6 Å². The van der Waals surface area contributed by atoms with Crippen LogP contribution in [0.5, 0.6) is 11.5 Å². The molecule has 0 unspecified atom stereocenters. The molecule has 1 aromatic rings. The second-order valence-corrected chi connectivity index (χ2v) is 12.7. The fourth-order valence-electron chi connectivity index (χ4n) is 7.74. The number of carbonyl (C=O) groups is 4. The number of hydrogen-bond acceptors (Lipinski definition) is 9. The molecule has 5 atom stereocenters. The minimum absolute atomic E-state index is 0.0278. The maximum absolute atomic E-state index is 13.3. The number of carbonyl (C=O) groups excluding carboxylic acids is 3. The molecule has 1 aliphatic heterocycles. The lowest BCUT2D eigenvalue weighted by Gasteiger charge is -2.55. The molecule has 0 saturated heterocycles. The molecule has 3 aliphatic carbocycles. The first-order valence-electron chi connectivity index (χ1n) is 16.0. The average Bonchev–Trinajstić information content (AvgIpc) is 3.35. The minimum Gasteiger partial charge on any atom is -0.493 e. The Balaban J connectivity index is 1.24. The summed E-state index contributed by atoms with van der Waals surface area (Å²) < 4.78 is 18.2. The van der Waals surface area contributed by atoms with E-state index in [9.17, 15) is 24.3 Å². The molecule has 47 heavy (non-hydrogen) atoms. The van der Waals surface area contributed by atoms with Gasteiger partial charge in [0.05, 0.1) is 18.1 Å². The van der Waals surface area contributed by atoms with Gasteiger partial charge in [0.1, 0.15) is 18.2 Å². The summed E-state index contributed by atoms with van der Waals surface area (Å²) >= 11 is 0. The highest BCUT2D eigenvalue weighted by Gasteiger charge is 2.70. The van der Waals surface area contributed by atoms with Crippen molar-refractivity contribution >= 4 is 29.8 Å². The highest BCUT2D eigenvalue weighted by atomic mass is 16.6. The molecule has 8 N–H and O–H groups in total. The second-order valence-electron chi connectivity index (χ2n) is 12.7. The Hall–Kier alpha value is -4.53. The quantitative estimate of drug-likeness (QED) is 0.0748. The van der Waals surface area contributed by atoms with E-state index in [4.69, 9.17) is 30.8 Å². The first-order valence-corrected chi connectivity index (χ1v) is 16.0. The molecule has 1 heterocycles. The van der Waals surface area contributed by atoms with Crippen LogP contribution in [0.2, 0.25) is 0 Å². The van der Waals surface area contributed by atoms with Crippen LogP contribution in [0.25, 0.3) is 0 Å². The molecule has 1 spiro atoms. The topological polar surface area (TPSA) is 228 Å². The Labute approximate surface area is 272 Å². The number of aliphatic hydroxyl groups is 1. The molecule has 1 saturated carbocycles. The number of nitrogens with one attached hydrogen (secondary N) is 2. The van der Waals surface area contributed by atoms with Crippen molar-refractivity contribution in [2.45, 2.75) is 80.9 Å². The summed E-state index contributed by atoms with van der Waals surface area (Å²) in [7, 11) is 3.11. The van der Waals surface area contributed by atoms with Gasteiger partial charge >= 0.3 is 12.1 Å². The third kappa shape index (κ3) is 6.40. The van der Waals surface area contributed by atoms with Gasteiger partial charge in [-0.25, -0.2) is 4.79 Å². The number of aliphatic imine (C=N–C) groups is 1. The molecule has 256 valence electrons. The average molecular weight is 657 g/mol. The summed E-state index contributed by atoms with van der Waals surface area (Å²) in [5.41, 5.74) is 10.9. The first kappa shape index (κ1) is 33.8. The fraction of sp³-hybridized carbons (Fsp3) is 0.594. The van der Waals surface area contributed by atoms with Crippen LogP contribution in [0.4, 0.5) is 4.79 Å². The number of carboxylic acids is 1. The van der Waals surface area contributed by atoms with Crippen molar-refractivity contribution in [3.63, 3.8) is 0 Å². The number of ether oxygens (including phenoxy) is 3. The van der Waals surface area contributed by atoms with Gasteiger partial charge < -0.3 is 51.4 Å². The lowest BCUT2D eigenvalue weighted by atomic mass is 9.51. The van der Waals surface area contributed by atoms with E-state index >= 15 is 0 Å². The summed E-state index contributed by atoms with van der Waals surface area (Å²) in [4.78, 5) is 54.4. The normalized spacial score (nSPS) is 25.5. The maximum Gasteiger partial charge on any atom is 0.414 e. The molecule has 1 fully saturated rings. The van der Waals surface area contributed by atoms with E-state index in [1.807, 2.05) is 6.07 Å². The molecule has 0 radical (unpaired) electrons. The summed E-state index contributed by atoms with van der Waals surface area (Å²) in [6, 6.07) is 2.92. The van der Waals surface area contributed by atoms with Gasteiger partial charge in [0.2, 0.25) is 11.8 Å². The van der Waals surface area contributed by atoms with Gasteiger partial charge in [-0.15, -0.1) is 0 Å². The number of aliphatic carboxylic acids is 1. The Morgan fingerprint density at radius 3 is 2.74 bits per heavy atom. The monoisotopic (exact) mass is 656 g/mol. The van der Waals surface area contributed by atoms with Gasteiger partial charge in [0.25, 0.3) is 0 Å². The van der Waals surface area contributed by atoms with Crippen molar-refractivity contribution in [1.29, 1.82) is 0 Å². The van der Waals surface area contributed by atoms with E-state index in [1.165, 1.54) is 11.9 Å². The summed E-state index contributed by atoms with van der Waals surface area (Å²) in [5.74, 6) is -1.25. The Kier molecular flexibility index (Phi) is 9.84. The number of rotatable bonds is 13. The standard InChI is InChI=1S/C32H44N6O9/c1-38(15-14-35-28(42)20(7-5-13-36-29(33)34)37-23(39)17-24(40)41)30(43)46-22-10-12-32(44)19-6-3-4-11-31(32)25-18(16-19)8-9-21(45-2)26(25)47-27(22)31/h8-10,19-20,27,44H,3-7,11-17H2,1-2H3,(H,35,42)(H,37,39)(H,40,41)(H4,33,34,36)/t19-,20+,27+,31+,32-/m1/s1. The highest BCUT2D eigenvalue weighted by molar-refractivity contribution is 5.96. The number of nitrogens with zero attached hydrogens (tertiary/aromatic N) is 2. The predicted octanol–water partition coefficient (Wildman–Crippen LogP) is 0.657. The zero-order valence-electron chi connectivity index (χ0n) is 26.8. The summed E-state index contributed by atoms with van der Waals surface area (Å²) in [6.45, 7) is 0.317. The predicted molar refractivity (Wildman–Crippen MR) is 169 cm³/mol. The molecule has 15 nitrogen and oxygen atoms in total. The van der Waals surface area contributed by atoms with Crippen molar-refractivity contribution in [1.82, 2.24) is 15.5 Å². The van der Waals surface area contributed by atoms with Gasteiger partial charge in [-0.3, -0.25) is 19.4 Å². The zero-order valence-corrected chi connectivity index (χ0v) is 26.8. The van der Waals surface area contributed by atoms with E-state index in [0.717, 1.165) is 36.8 Å². The molecular weight excluding hydrogens is 612 g/mol. The Bertz CT molecular complexity index is 1480. The van der Waals surface area contributed by atoms with Crippen molar-refractivity contribution in [3.05, 3.63) is 35.1 Å². The zero-order chi connectivity index (χ0) is 33.9. The fourth-order valence-corrected chi connectivity index (χ4v) is 7.74. The van der Waals surface area contributed by atoms with Crippen LogP contribution in [0.3, 0.4) is 0 Å². The minimum atomic E-state index is -1.33. The van der Waals surface area contributed by atoms with E-state index in [2.05, 4.69) is 21.7 Å². The number of methoxy groups -OCH3 is 1. The molecule has 0 aromatic heterocycles. The van der Waals surface area contributed by atoms with Crippen LogP contribution >= 0.6 is 0 Å². The Morgan fingerprint density at radius 1 is 1.23 bits per heavy atom. The lowest BCUT2D eigenvalue weighted by molar-refractivity contribution is -0.141. The third-order valence-corrected chi connectivity index (χ3v) is 9.89. The molecule has 15 heteroatoms. The highest BCUT2D eigenvalue weighted by Crippen LogP contribution is 2.66. The van der Waals surface area contributed by atoms with Gasteiger partial charge in [-0.2, -0.15) is 0 Å². The molecule has 3 amide bonds. The number of carboxylic acid groups (broad SMARTS) is 1. The molecule has 4 aliphatic rings. The van der Waals surface area contributed by atoms with Crippen LogP contribution in [0, 0.1) is 5.92 Å². The number of nitrogens with two attached hydrogens (primary N) is 2. The maximum atomic E-state index is 13.3. The van der Waals surface area contributed by atoms with E-state index in [-0.39, 0.29) is 37.9 Å². The second kappa shape index (κ2) is 13.7. The SMILES string of the molecule is COc1ccc2c3c1O[C@H]1C(OC(=O)N(C)CCNC(=O)[C@H](CCCN=C(N)N)NC(=O)CC(=O)O)=CC[C@@]4(O)[C@H](CCCC[C@]314)C2. The molecule has 2 bridgehead atoms.